The fourth-order valence-electron chi connectivity index (χ4n) is 1.45. The topological polar surface area (TPSA) is 88.2 Å². The van der Waals surface area contributed by atoms with Crippen molar-refractivity contribution in [2.24, 2.45) is 0 Å². The van der Waals surface area contributed by atoms with Crippen LogP contribution < -0.4 is 11.1 Å². The molecule has 1 aromatic carbocycles. The maximum atomic E-state index is 11.0. The number of nitrogens with one attached hydrogen (secondary N) is 1. The Kier molecular flexibility index (Phi) is 3.24. The number of nitrogen functional groups attached to an aromatic ring is 1. The van der Waals surface area contributed by atoms with Crippen molar-refractivity contribution in [3.8, 4) is 0 Å². The van der Waals surface area contributed by atoms with Gasteiger partial charge in [-0.25, -0.2) is 9.78 Å². The number of carboxylic acids is 1. The van der Waals surface area contributed by atoms with Gasteiger partial charge in [-0.2, -0.15) is 0 Å². The molecule has 2 aromatic rings. The average Bonchev–Trinajstić information content (AvgIpc) is 2.80. The van der Waals surface area contributed by atoms with Gasteiger partial charge in [0.25, 0.3) is 0 Å². The predicted molar refractivity (Wildman–Crippen MR) is 67.3 cm³/mol. The van der Waals surface area contributed by atoms with E-state index < -0.39 is 5.97 Å². The van der Waals surface area contributed by atoms with Crippen LogP contribution in [-0.2, 0) is 6.54 Å². The monoisotopic (exact) mass is 249 g/mol. The molecule has 0 aliphatic heterocycles. The summed E-state index contributed by atoms with van der Waals surface area (Å²) in [5.41, 5.74) is 9.36. The Morgan fingerprint density at radius 1 is 1.53 bits per heavy atom. The van der Waals surface area contributed by atoms with Gasteiger partial charge in [-0.15, -0.1) is 11.3 Å². The van der Waals surface area contributed by atoms with E-state index in [0.717, 1.165) is 5.69 Å². The molecule has 5 nitrogen and oxygen atoms in total. The number of carboxylic acid groups (broad SMARTS) is 1. The summed E-state index contributed by atoms with van der Waals surface area (Å²) < 4.78 is 0. The fourth-order valence-corrected chi connectivity index (χ4v) is 2.01. The summed E-state index contributed by atoms with van der Waals surface area (Å²) in [4.78, 5) is 15.1. The Hall–Kier alpha value is -2.08. The largest absolute Gasteiger partial charge is 0.478 e. The van der Waals surface area contributed by atoms with Gasteiger partial charge in [0.05, 0.1) is 34.7 Å². The SMILES string of the molecule is Nc1cccc(C(=O)O)c1NCc1cscn1. The van der Waals surface area contributed by atoms with Crippen LogP contribution in [0.15, 0.2) is 29.1 Å². The first-order valence-corrected chi connectivity index (χ1v) is 5.85. The van der Waals surface area contributed by atoms with E-state index in [-0.39, 0.29) is 5.56 Å². The molecule has 0 amide bonds. The van der Waals surface area contributed by atoms with Crippen LogP contribution in [0.5, 0.6) is 0 Å². The highest BCUT2D eigenvalue weighted by molar-refractivity contribution is 7.07. The summed E-state index contributed by atoms with van der Waals surface area (Å²) in [7, 11) is 0. The molecule has 0 saturated carbocycles. The van der Waals surface area contributed by atoms with E-state index in [1.165, 1.54) is 17.4 Å². The highest BCUT2D eigenvalue weighted by atomic mass is 32.1. The molecule has 0 radical (unpaired) electrons. The van der Waals surface area contributed by atoms with Gasteiger partial charge in [-0.05, 0) is 12.1 Å². The Morgan fingerprint density at radius 2 is 2.35 bits per heavy atom. The van der Waals surface area contributed by atoms with E-state index >= 15 is 0 Å². The molecule has 0 saturated heterocycles. The highest BCUT2D eigenvalue weighted by Crippen LogP contribution is 2.24. The summed E-state index contributed by atoms with van der Waals surface area (Å²) in [5.74, 6) is -1.00. The zero-order valence-corrected chi connectivity index (χ0v) is 9.70. The van der Waals surface area contributed by atoms with Gasteiger partial charge in [-0.1, -0.05) is 6.07 Å². The van der Waals surface area contributed by atoms with Crippen molar-refractivity contribution in [3.05, 3.63) is 40.3 Å². The molecule has 0 aliphatic carbocycles. The molecule has 0 atom stereocenters. The normalized spacial score (nSPS) is 10.1. The van der Waals surface area contributed by atoms with Crippen LogP contribution in [0, 0.1) is 0 Å². The zero-order valence-electron chi connectivity index (χ0n) is 8.88. The number of nitrogens with two attached hydrogens (primary N) is 1. The molecule has 0 aliphatic rings. The number of benzene rings is 1. The summed E-state index contributed by atoms with van der Waals surface area (Å²) in [6.45, 7) is 0.456. The van der Waals surface area contributed by atoms with Gasteiger partial charge in [0.2, 0.25) is 0 Å². The molecule has 88 valence electrons. The summed E-state index contributed by atoms with van der Waals surface area (Å²) in [6.07, 6.45) is 0. The molecule has 0 spiro atoms. The summed E-state index contributed by atoms with van der Waals surface area (Å²) >= 11 is 1.49. The van der Waals surface area contributed by atoms with Gasteiger partial charge in [-0.3, -0.25) is 0 Å². The minimum atomic E-state index is -1.00. The molecule has 1 heterocycles. The number of nitrogens with zero attached hydrogens (tertiary/aromatic N) is 1. The van der Waals surface area contributed by atoms with E-state index in [0.29, 0.717) is 17.9 Å². The Morgan fingerprint density at radius 3 is 3.00 bits per heavy atom. The standard InChI is InChI=1S/C11H11N3O2S/c12-9-3-1-2-8(11(15)16)10(9)13-4-7-5-17-6-14-7/h1-3,5-6,13H,4,12H2,(H,15,16). The van der Waals surface area contributed by atoms with E-state index in [9.17, 15) is 4.79 Å². The summed E-state index contributed by atoms with van der Waals surface area (Å²) in [5, 5.41) is 13.9. The lowest BCUT2D eigenvalue weighted by Gasteiger charge is -2.11. The third-order valence-electron chi connectivity index (χ3n) is 2.26. The maximum Gasteiger partial charge on any atom is 0.337 e. The van der Waals surface area contributed by atoms with E-state index in [1.54, 1.807) is 17.6 Å². The molecule has 2 rings (SSSR count). The molecule has 4 N–H and O–H groups in total. The van der Waals surface area contributed by atoms with Crippen molar-refractivity contribution < 1.29 is 9.90 Å². The van der Waals surface area contributed by atoms with Crippen LogP contribution in [-0.4, -0.2) is 16.1 Å². The van der Waals surface area contributed by atoms with Crippen LogP contribution in [0.3, 0.4) is 0 Å². The molecule has 6 heteroatoms. The van der Waals surface area contributed by atoms with Crippen molar-refractivity contribution in [2.45, 2.75) is 6.54 Å². The number of thiazole rings is 1. The quantitative estimate of drug-likeness (QED) is 0.721. The predicted octanol–water partition coefficient (Wildman–Crippen LogP) is 2.04. The second-order valence-corrected chi connectivity index (χ2v) is 4.13. The second-order valence-electron chi connectivity index (χ2n) is 3.41. The first-order chi connectivity index (χ1) is 8.18. The average molecular weight is 249 g/mol. The minimum Gasteiger partial charge on any atom is -0.478 e. The lowest BCUT2D eigenvalue weighted by atomic mass is 10.1. The van der Waals surface area contributed by atoms with Crippen LogP contribution >= 0.6 is 11.3 Å². The van der Waals surface area contributed by atoms with Gasteiger partial charge < -0.3 is 16.2 Å². The Labute approximate surface area is 102 Å². The molecule has 17 heavy (non-hydrogen) atoms. The highest BCUT2D eigenvalue weighted by Gasteiger charge is 2.12. The van der Waals surface area contributed by atoms with Crippen molar-refractivity contribution in [2.75, 3.05) is 11.1 Å². The van der Waals surface area contributed by atoms with Gasteiger partial charge >= 0.3 is 5.97 Å². The third-order valence-corrected chi connectivity index (χ3v) is 2.89. The first-order valence-electron chi connectivity index (χ1n) is 4.91. The lowest BCUT2D eigenvalue weighted by Crippen LogP contribution is -2.09. The first kappa shape index (κ1) is 11.4. The number of para-hydroxylation sites is 1. The van der Waals surface area contributed by atoms with Crippen molar-refractivity contribution >= 4 is 28.7 Å². The number of carbonyl (C=O) groups is 1. The van der Waals surface area contributed by atoms with E-state index in [4.69, 9.17) is 10.8 Å². The minimum absolute atomic E-state index is 0.167. The van der Waals surface area contributed by atoms with Gasteiger partial charge in [0.15, 0.2) is 0 Å². The van der Waals surface area contributed by atoms with Gasteiger partial charge in [0.1, 0.15) is 0 Å². The molecular weight excluding hydrogens is 238 g/mol. The number of rotatable bonds is 4. The third kappa shape index (κ3) is 2.54. The zero-order chi connectivity index (χ0) is 12.3. The van der Waals surface area contributed by atoms with E-state index in [2.05, 4.69) is 10.3 Å². The number of hydrogen-bond donors (Lipinski definition) is 3. The van der Waals surface area contributed by atoms with Crippen LogP contribution in [0.2, 0.25) is 0 Å². The number of hydrogen-bond acceptors (Lipinski definition) is 5. The lowest BCUT2D eigenvalue weighted by molar-refractivity contribution is 0.0698. The van der Waals surface area contributed by atoms with Crippen LogP contribution in [0.4, 0.5) is 11.4 Å². The molecule has 0 bridgehead atoms. The smallest absolute Gasteiger partial charge is 0.337 e. The van der Waals surface area contributed by atoms with Crippen LogP contribution in [0.1, 0.15) is 16.1 Å². The Balaban J connectivity index is 2.22. The van der Waals surface area contributed by atoms with Gasteiger partial charge in [0, 0.05) is 5.38 Å². The van der Waals surface area contributed by atoms with E-state index in [1.807, 2.05) is 5.38 Å². The van der Waals surface area contributed by atoms with Crippen LogP contribution in [0.25, 0.3) is 0 Å². The molecule has 0 fully saturated rings. The van der Waals surface area contributed by atoms with Crippen molar-refractivity contribution in [1.29, 1.82) is 0 Å². The van der Waals surface area contributed by atoms with Crippen molar-refractivity contribution in [1.82, 2.24) is 4.98 Å². The number of anilines is 2. The molecular formula is C11H11N3O2S. The maximum absolute atomic E-state index is 11.0. The fraction of sp³-hybridized carbons (Fsp3) is 0.0909. The molecule has 1 aromatic heterocycles. The second kappa shape index (κ2) is 4.84. The van der Waals surface area contributed by atoms with Crippen molar-refractivity contribution in [3.63, 3.8) is 0 Å². The number of aromatic nitrogens is 1. The summed E-state index contributed by atoms with van der Waals surface area (Å²) in [6, 6.07) is 4.80. The Bertz CT molecular complexity index is 526. The number of aromatic carboxylic acids is 1. The molecule has 0 unspecified atom stereocenters.